The van der Waals surface area contributed by atoms with Crippen molar-refractivity contribution in [2.24, 2.45) is 0 Å². The lowest BCUT2D eigenvalue weighted by Crippen LogP contribution is -2.31. The highest BCUT2D eigenvalue weighted by Crippen LogP contribution is 2.30. The van der Waals surface area contributed by atoms with E-state index in [1.807, 2.05) is 6.92 Å². The molecular weight excluding hydrogens is 390 g/mol. The summed E-state index contributed by atoms with van der Waals surface area (Å²) in [6.45, 7) is 2.49. The van der Waals surface area contributed by atoms with Crippen molar-refractivity contribution in [1.82, 2.24) is 14.9 Å². The van der Waals surface area contributed by atoms with Crippen LogP contribution in [0.15, 0.2) is 29.1 Å². The summed E-state index contributed by atoms with van der Waals surface area (Å²) < 4.78 is 11.0. The van der Waals surface area contributed by atoms with E-state index in [2.05, 4.69) is 9.97 Å². The number of aromatic nitrogens is 2. The number of thiophene rings is 1. The van der Waals surface area contributed by atoms with Crippen LogP contribution in [0.5, 0.6) is 11.5 Å². The van der Waals surface area contributed by atoms with Crippen LogP contribution in [0.4, 0.5) is 0 Å². The SMILES string of the molecule is CCN(Cc1nc2cc(OC)c(OC)cc2c(=O)[nH]1)C(=O)c1ccc(Cl)s1. The summed E-state index contributed by atoms with van der Waals surface area (Å²) in [7, 11) is 3.02. The molecule has 0 atom stereocenters. The van der Waals surface area contributed by atoms with E-state index in [-0.39, 0.29) is 18.0 Å². The van der Waals surface area contributed by atoms with Crippen molar-refractivity contribution in [3.63, 3.8) is 0 Å². The number of carbonyl (C=O) groups excluding carboxylic acids is 1. The van der Waals surface area contributed by atoms with Crippen LogP contribution >= 0.6 is 22.9 Å². The fraction of sp³-hybridized carbons (Fsp3) is 0.278. The molecule has 0 unspecified atom stereocenters. The zero-order valence-corrected chi connectivity index (χ0v) is 16.6. The first-order valence-electron chi connectivity index (χ1n) is 8.16. The third kappa shape index (κ3) is 3.91. The number of nitrogens with one attached hydrogen (secondary N) is 1. The van der Waals surface area contributed by atoms with Crippen molar-refractivity contribution < 1.29 is 14.3 Å². The van der Waals surface area contributed by atoms with Crippen LogP contribution < -0.4 is 15.0 Å². The van der Waals surface area contributed by atoms with Gasteiger partial charge in [0, 0.05) is 12.6 Å². The fourth-order valence-electron chi connectivity index (χ4n) is 2.68. The molecule has 9 heteroatoms. The second-order valence-electron chi connectivity index (χ2n) is 5.66. The van der Waals surface area contributed by atoms with Gasteiger partial charge in [0.15, 0.2) is 11.5 Å². The Kier molecular flexibility index (Phi) is 5.67. The standard InChI is InChI=1S/C18H18ClN3O4S/c1-4-22(18(24)14-5-6-15(19)27-14)9-16-20-11-8-13(26-3)12(25-2)7-10(11)17(23)21-16/h5-8H,4,9H2,1-3H3,(H,20,21,23). The first-order valence-corrected chi connectivity index (χ1v) is 9.35. The number of amides is 1. The van der Waals surface area contributed by atoms with Crippen molar-refractivity contribution in [3.05, 3.63) is 49.7 Å². The maximum Gasteiger partial charge on any atom is 0.264 e. The van der Waals surface area contributed by atoms with Crippen LogP contribution in [0, 0.1) is 0 Å². The number of ether oxygens (including phenoxy) is 2. The number of H-pyrrole nitrogens is 1. The van der Waals surface area contributed by atoms with Gasteiger partial charge in [0.1, 0.15) is 5.82 Å². The summed E-state index contributed by atoms with van der Waals surface area (Å²) >= 11 is 7.13. The smallest absolute Gasteiger partial charge is 0.264 e. The van der Waals surface area contributed by atoms with Gasteiger partial charge < -0.3 is 19.4 Å². The predicted molar refractivity (Wildman–Crippen MR) is 105 cm³/mol. The van der Waals surface area contributed by atoms with Crippen molar-refractivity contribution in [1.29, 1.82) is 0 Å². The maximum atomic E-state index is 12.6. The second kappa shape index (κ2) is 7.98. The molecule has 2 heterocycles. The Bertz CT molecular complexity index is 1050. The summed E-state index contributed by atoms with van der Waals surface area (Å²) in [5.41, 5.74) is 0.160. The number of hydrogen-bond donors (Lipinski definition) is 1. The third-order valence-corrected chi connectivity index (χ3v) is 5.27. The monoisotopic (exact) mass is 407 g/mol. The normalized spacial score (nSPS) is 10.8. The largest absolute Gasteiger partial charge is 0.493 e. The van der Waals surface area contributed by atoms with Crippen LogP contribution in [0.2, 0.25) is 4.34 Å². The molecule has 3 rings (SSSR count). The average molecular weight is 408 g/mol. The lowest BCUT2D eigenvalue weighted by atomic mass is 10.2. The first kappa shape index (κ1) is 19.2. The molecule has 1 aromatic carbocycles. The highest BCUT2D eigenvalue weighted by atomic mass is 35.5. The molecule has 142 valence electrons. The van der Waals surface area contributed by atoms with Gasteiger partial charge in [-0.05, 0) is 25.1 Å². The van der Waals surface area contributed by atoms with E-state index < -0.39 is 0 Å². The molecule has 0 saturated heterocycles. The minimum atomic E-state index is -0.307. The molecule has 0 spiro atoms. The lowest BCUT2D eigenvalue weighted by molar-refractivity contribution is 0.0753. The van der Waals surface area contributed by atoms with E-state index in [0.29, 0.717) is 44.0 Å². The topological polar surface area (TPSA) is 84.5 Å². The molecule has 0 aliphatic carbocycles. The van der Waals surface area contributed by atoms with Gasteiger partial charge in [0.2, 0.25) is 0 Å². The number of rotatable bonds is 6. The molecule has 7 nitrogen and oxygen atoms in total. The van der Waals surface area contributed by atoms with Gasteiger partial charge >= 0.3 is 0 Å². The van der Waals surface area contributed by atoms with E-state index >= 15 is 0 Å². The first-order chi connectivity index (χ1) is 13.0. The summed E-state index contributed by atoms with van der Waals surface area (Å²) in [4.78, 5) is 34.5. The zero-order chi connectivity index (χ0) is 19.6. The minimum Gasteiger partial charge on any atom is -0.493 e. The summed E-state index contributed by atoms with van der Waals surface area (Å²) in [6, 6.07) is 6.60. The molecule has 0 aliphatic heterocycles. The highest BCUT2D eigenvalue weighted by molar-refractivity contribution is 7.17. The molecule has 0 saturated carbocycles. The van der Waals surface area contributed by atoms with Crippen LogP contribution in [0.25, 0.3) is 10.9 Å². The van der Waals surface area contributed by atoms with Gasteiger partial charge in [-0.1, -0.05) is 11.6 Å². The Hall–Kier alpha value is -2.58. The molecule has 0 bridgehead atoms. The van der Waals surface area contributed by atoms with Crippen LogP contribution in [0.3, 0.4) is 0 Å². The number of nitrogens with zero attached hydrogens (tertiary/aromatic N) is 2. The quantitative estimate of drug-likeness (QED) is 0.677. The van der Waals surface area contributed by atoms with E-state index in [9.17, 15) is 9.59 Å². The molecule has 0 fully saturated rings. The Balaban J connectivity index is 1.96. The van der Waals surface area contributed by atoms with Crippen LogP contribution in [0.1, 0.15) is 22.4 Å². The zero-order valence-electron chi connectivity index (χ0n) is 15.0. The Morgan fingerprint density at radius 3 is 2.56 bits per heavy atom. The van der Waals surface area contributed by atoms with Gasteiger partial charge in [-0.2, -0.15) is 0 Å². The number of benzene rings is 1. The second-order valence-corrected chi connectivity index (χ2v) is 7.38. The molecule has 0 radical (unpaired) electrons. The Morgan fingerprint density at radius 1 is 1.26 bits per heavy atom. The van der Waals surface area contributed by atoms with Gasteiger partial charge in [0.05, 0.1) is 40.9 Å². The number of hydrogen-bond acceptors (Lipinski definition) is 6. The van der Waals surface area contributed by atoms with Crippen molar-refractivity contribution in [2.75, 3.05) is 20.8 Å². The van der Waals surface area contributed by atoms with Crippen molar-refractivity contribution in [2.45, 2.75) is 13.5 Å². The predicted octanol–water partition coefficient (Wildman–Crippen LogP) is 3.32. The van der Waals surface area contributed by atoms with Crippen molar-refractivity contribution in [3.8, 4) is 11.5 Å². The van der Waals surface area contributed by atoms with E-state index in [0.717, 1.165) is 0 Å². The Morgan fingerprint density at radius 2 is 1.96 bits per heavy atom. The lowest BCUT2D eigenvalue weighted by Gasteiger charge is -2.19. The minimum absolute atomic E-state index is 0.163. The van der Waals surface area contributed by atoms with Crippen LogP contribution in [-0.2, 0) is 6.54 Å². The van der Waals surface area contributed by atoms with E-state index in [4.69, 9.17) is 21.1 Å². The van der Waals surface area contributed by atoms with E-state index in [1.165, 1.54) is 25.6 Å². The summed E-state index contributed by atoms with van der Waals surface area (Å²) in [6.07, 6.45) is 0. The fourth-order valence-corrected chi connectivity index (χ4v) is 3.69. The molecule has 27 heavy (non-hydrogen) atoms. The summed E-state index contributed by atoms with van der Waals surface area (Å²) in [5.74, 6) is 1.15. The van der Waals surface area contributed by atoms with Crippen molar-refractivity contribution >= 4 is 39.7 Å². The molecule has 2 aromatic heterocycles. The number of methoxy groups -OCH3 is 2. The number of aromatic amines is 1. The summed E-state index contributed by atoms with van der Waals surface area (Å²) in [5, 5.41) is 0.385. The number of fused-ring (bicyclic) bond motifs is 1. The Labute approximate surface area is 164 Å². The third-order valence-electron chi connectivity index (χ3n) is 4.05. The van der Waals surface area contributed by atoms with Gasteiger partial charge in [-0.15, -0.1) is 11.3 Å². The molecule has 0 aliphatic rings. The molecular formula is C18H18ClN3O4S. The molecule has 1 N–H and O–H groups in total. The maximum absolute atomic E-state index is 12.6. The molecule has 3 aromatic rings. The van der Waals surface area contributed by atoms with Gasteiger partial charge in [-0.25, -0.2) is 4.98 Å². The highest BCUT2D eigenvalue weighted by Gasteiger charge is 2.18. The number of halogens is 1. The number of carbonyl (C=O) groups is 1. The molecule has 1 amide bonds. The van der Waals surface area contributed by atoms with Gasteiger partial charge in [0.25, 0.3) is 11.5 Å². The van der Waals surface area contributed by atoms with E-state index in [1.54, 1.807) is 29.2 Å². The average Bonchev–Trinajstić information content (AvgIpc) is 3.10. The van der Waals surface area contributed by atoms with Gasteiger partial charge in [-0.3, -0.25) is 9.59 Å². The van der Waals surface area contributed by atoms with Crippen LogP contribution in [-0.4, -0.2) is 41.5 Å².